The van der Waals surface area contributed by atoms with Crippen molar-refractivity contribution in [2.75, 3.05) is 19.1 Å². The number of hydrogen-bond acceptors (Lipinski definition) is 3. The maximum absolute atomic E-state index is 10.8. The number of Topliss-reactive ketones (excluding diaryl/α,β-unsaturated/α-hetero) is 1. The number of aldehydes is 1. The fourth-order valence-electron chi connectivity index (χ4n) is 0.552. The summed E-state index contributed by atoms with van der Waals surface area (Å²) in [4.78, 5) is 21.1. The summed E-state index contributed by atoms with van der Waals surface area (Å²) in [7, 11) is 0. The molecule has 0 aliphatic carbocycles. The molecule has 11 heavy (non-hydrogen) atoms. The van der Waals surface area contributed by atoms with Gasteiger partial charge in [-0.05, 0) is 6.92 Å². The van der Waals surface area contributed by atoms with E-state index in [1.807, 2.05) is 0 Å². The van der Waals surface area contributed by atoms with Gasteiger partial charge in [0.2, 0.25) is 0 Å². The molecule has 0 rings (SSSR count). The molecule has 0 aromatic heterocycles. The smallest absolute Gasteiger partial charge is 0.160 e. The number of ether oxygens (including phenoxy) is 1. The van der Waals surface area contributed by atoms with Crippen LogP contribution in [0.2, 0.25) is 0 Å². The molecule has 0 bridgehead atoms. The van der Waals surface area contributed by atoms with Crippen LogP contribution >= 0.6 is 11.6 Å². The topological polar surface area (TPSA) is 43.4 Å². The molecule has 0 saturated carbocycles. The van der Waals surface area contributed by atoms with Gasteiger partial charge in [-0.15, -0.1) is 11.6 Å². The average Bonchev–Trinajstić information content (AvgIpc) is 2.05. The van der Waals surface area contributed by atoms with E-state index in [1.54, 1.807) is 6.92 Å². The van der Waals surface area contributed by atoms with Gasteiger partial charge < -0.3 is 9.53 Å². The van der Waals surface area contributed by atoms with Gasteiger partial charge in [0.1, 0.15) is 6.29 Å². The second kappa shape index (κ2) is 6.31. The Bertz CT molecular complexity index is 136. The van der Waals surface area contributed by atoms with Crippen LogP contribution in [0, 0.1) is 5.92 Å². The van der Waals surface area contributed by atoms with Crippen molar-refractivity contribution in [1.29, 1.82) is 0 Å². The first-order chi connectivity index (χ1) is 5.26. The van der Waals surface area contributed by atoms with Gasteiger partial charge in [0.15, 0.2) is 5.78 Å². The fourth-order valence-corrected chi connectivity index (χ4v) is 0.750. The Morgan fingerprint density at radius 2 is 2.36 bits per heavy atom. The fraction of sp³-hybridized carbons (Fsp3) is 0.714. The first-order valence-corrected chi connectivity index (χ1v) is 3.91. The Hall–Kier alpha value is -0.410. The summed E-state index contributed by atoms with van der Waals surface area (Å²) in [5.41, 5.74) is 0. The highest BCUT2D eigenvalue weighted by atomic mass is 35.5. The minimum absolute atomic E-state index is 0.128. The van der Waals surface area contributed by atoms with E-state index < -0.39 is 5.92 Å². The van der Waals surface area contributed by atoms with Crippen LogP contribution in [0.15, 0.2) is 0 Å². The summed E-state index contributed by atoms with van der Waals surface area (Å²) in [5, 5.41) is 0. The lowest BCUT2D eigenvalue weighted by atomic mass is 10.1. The van der Waals surface area contributed by atoms with Gasteiger partial charge in [-0.1, -0.05) is 0 Å². The molecule has 0 aliphatic heterocycles. The Kier molecular flexibility index (Phi) is 6.07. The van der Waals surface area contributed by atoms with Gasteiger partial charge in [-0.25, -0.2) is 0 Å². The van der Waals surface area contributed by atoms with E-state index in [2.05, 4.69) is 0 Å². The quantitative estimate of drug-likeness (QED) is 0.341. The maximum atomic E-state index is 10.8. The normalized spacial score (nSPS) is 12.5. The molecule has 3 nitrogen and oxygen atoms in total. The summed E-state index contributed by atoms with van der Waals surface area (Å²) in [6.45, 7) is 2.44. The van der Waals surface area contributed by atoms with Gasteiger partial charge in [0, 0.05) is 6.61 Å². The molecule has 0 saturated heterocycles. The number of rotatable bonds is 6. The van der Waals surface area contributed by atoms with Crippen LogP contribution in [0.1, 0.15) is 6.92 Å². The van der Waals surface area contributed by atoms with E-state index in [0.717, 1.165) is 0 Å². The highest BCUT2D eigenvalue weighted by molar-refractivity contribution is 6.29. The van der Waals surface area contributed by atoms with Crippen molar-refractivity contribution in [3.63, 3.8) is 0 Å². The summed E-state index contributed by atoms with van der Waals surface area (Å²) >= 11 is 5.24. The Morgan fingerprint density at radius 1 is 1.73 bits per heavy atom. The molecule has 64 valence electrons. The lowest BCUT2D eigenvalue weighted by Crippen LogP contribution is -2.22. The molecule has 0 aromatic carbocycles. The SMILES string of the molecule is CCOCC(C=O)C(=O)CCl. The molecule has 0 aromatic rings. The zero-order valence-electron chi connectivity index (χ0n) is 6.38. The van der Waals surface area contributed by atoms with Crippen molar-refractivity contribution in [1.82, 2.24) is 0 Å². The van der Waals surface area contributed by atoms with E-state index in [-0.39, 0.29) is 18.3 Å². The number of carbonyl (C=O) groups excluding carboxylic acids is 2. The van der Waals surface area contributed by atoms with E-state index >= 15 is 0 Å². The first-order valence-electron chi connectivity index (χ1n) is 3.38. The third-order valence-electron chi connectivity index (χ3n) is 1.21. The van der Waals surface area contributed by atoms with Crippen molar-refractivity contribution in [3.05, 3.63) is 0 Å². The molecule has 1 unspecified atom stereocenters. The standard InChI is InChI=1S/C7H11ClO3/c1-2-11-5-6(4-9)7(10)3-8/h4,6H,2-3,5H2,1H3. The first kappa shape index (κ1) is 10.6. The van der Waals surface area contributed by atoms with Crippen LogP contribution in [0.4, 0.5) is 0 Å². The molecule has 4 heteroatoms. The second-order valence-electron chi connectivity index (χ2n) is 2.00. The number of hydrogen-bond donors (Lipinski definition) is 0. The molecule has 1 atom stereocenters. The van der Waals surface area contributed by atoms with E-state index in [4.69, 9.17) is 16.3 Å². The molecule has 0 aliphatic rings. The van der Waals surface area contributed by atoms with E-state index in [1.165, 1.54) is 0 Å². The van der Waals surface area contributed by atoms with Crippen LogP contribution in [0.25, 0.3) is 0 Å². The Morgan fingerprint density at radius 3 is 2.73 bits per heavy atom. The average molecular weight is 179 g/mol. The number of alkyl halides is 1. The predicted octanol–water partition coefficient (Wildman–Crippen LogP) is 0.646. The highest BCUT2D eigenvalue weighted by Crippen LogP contribution is 1.97. The van der Waals surface area contributed by atoms with Gasteiger partial charge in [-0.2, -0.15) is 0 Å². The zero-order chi connectivity index (χ0) is 8.69. The minimum Gasteiger partial charge on any atom is -0.381 e. The molecule has 0 spiro atoms. The third-order valence-corrected chi connectivity index (χ3v) is 1.47. The van der Waals surface area contributed by atoms with E-state index in [0.29, 0.717) is 12.9 Å². The largest absolute Gasteiger partial charge is 0.381 e. The third kappa shape index (κ3) is 4.11. The number of carbonyl (C=O) groups is 2. The lowest BCUT2D eigenvalue weighted by Gasteiger charge is -2.05. The Labute approximate surface area is 70.7 Å². The molecular weight excluding hydrogens is 168 g/mol. The Balaban J connectivity index is 3.74. The molecule has 0 fully saturated rings. The monoisotopic (exact) mass is 178 g/mol. The minimum atomic E-state index is -0.688. The summed E-state index contributed by atoms with van der Waals surface area (Å²) in [5.74, 6) is -1.10. The maximum Gasteiger partial charge on any atom is 0.160 e. The van der Waals surface area contributed by atoms with Crippen LogP contribution in [0.5, 0.6) is 0 Å². The molecule has 0 heterocycles. The van der Waals surface area contributed by atoms with Crippen LogP contribution in [-0.2, 0) is 14.3 Å². The van der Waals surface area contributed by atoms with Gasteiger partial charge in [-0.3, -0.25) is 4.79 Å². The van der Waals surface area contributed by atoms with Gasteiger partial charge >= 0.3 is 0 Å². The van der Waals surface area contributed by atoms with Crippen molar-refractivity contribution in [3.8, 4) is 0 Å². The lowest BCUT2D eigenvalue weighted by molar-refractivity contribution is -0.127. The highest BCUT2D eigenvalue weighted by Gasteiger charge is 2.15. The van der Waals surface area contributed by atoms with Crippen molar-refractivity contribution >= 4 is 23.7 Å². The van der Waals surface area contributed by atoms with E-state index in [9.17, 15) is 9.59 Å². The number of halogens is 1. The second-order valence-corrected chi connectivity index (χ2v) is 2.27. The summed E-state index contributed by atoms with van der Waals surface area (Å²) in [6, 6.07) is 0. The predicted molar refractivity (Wildman–Crippen MR) is 41.8 cm³/mol. The molecule has 0 N–H and O–H groups in total. The van der Waals surface area contributed by atoms with Crippen LogP contribution in [-0.4, -0.2) is 31.2 Å². The molecule has 0 radical (unpaired) electrons. The zero-order valence-corrected chi connectivity index (χ0v) is 7.13. The van der Waals surface area contributed by atoms with Crippen LogP contribution < -0.4 is 0 Å². The van der Waals surface area contributed by atoms with Crippen LogP contribution in [0.3, 0.4) is 0 Å². The van der Waals surface area contributed by atoms with Crippen molar-refractivity contribution in [2.24, 2.45) is 5.92 Å². The van der Waals surface area contributed by atoms with Gasteiger partial charge in [0.25, 0.3) is 0 Å². The summed E-state index contributed by atoms with van der Waals surface area (Å²) in [6.07, 6.45) is 0.570. The van der Waals surface area contributed by atoms with Crippen molar-refractivity contribution in [2.45, 2.75) is 6.92 Å². The number of ketones is 1. The summed E-state index contributed by atoms with van der Waals surface area (Å²) < 4.78 is 4.90. The molecular formula is C7H11ClO3. The van der Waals surface area contributed by atoms with Gasteiger partial charge in [0.05, 0.1) is 18.4 Å². The molecule has 0 amide bonds. The van der Waals surface area contributed by atoms with Crippen molar-refractivity contribution < 1.29 is 14.3 Å².